The Morgan fingerprint density at radius 1 is 1.57 bits per heavy atom. The Bertz CT molecular complexity index is 568. The summed E-state index contributed by atoms with van der Waals surface area (Å²) in [5.74, 6) is -0.217. The molecule has 1 fully saturated rings. The van der Waals surface area contributed by atoms with Crippen molar-refractivity contribution in [2.75, 3.05) is 7.05 Å². The average Bonchev–Trinajstić information content (AvgIpc) is 2.42. The lowest BCUT2D eigenvalue weighted by molar-refractivity contribution is -0.143. The molecule has 1 amide bonds. The molecule has 3 N–H and O–H groups in total. The minimum Gasteiger partial charge on any atom is -0.409 e. The third kappa shape index (κ3) is 2.84. The summed E-state index contributed by atoms with van der Waals surface area (Å²) in [7, 11) is 1.64. The molecule has 0 bridgehead atoms. The largest absolute Gasteiger partial charge is 0.409 e. The van der Waals surface area contributed by atoms with Crippen LogP contribution in [-0.2, 0) is 11.3 Å². The Kier molecular flexibility index (Phi) is 4.16. The number of halogens is 1. The van der Waals surface area contributed by atoms with E-state index in [1.165, 1.54) is 17.0 Å². The zero-order valence-electron chi connectivity index (χ0n) is 12.2. The molecule has 0 aromatic heterocycles. The van der Waals surface area contributed by atoms with Gasteiger partial charge in [0.1, 0.15) is 11.2 Å². The maximum absolute atomic E-state index is 13.2. The smallest absolute Gasteiger partial charge is 0.236 e. The second kappa shape index (κ2) is 5.71. The molecule has 1 saturated carbocycles. The van der Waals surface area contributed by atoms with Crippen LogP contribution in [0.15, 0.2) is 29.4 Å². The summed E-state index contributed by atoms with van der Waals surface area (Å²) in [5.41, 5.74) is 5.51. The number of hydrogen-bond donors (Lipinski definition) is 2. The van der Waals surface area contributed by atoms with Gasteiger partial charge < -0.3 is 15.8 Å². The summed E-state index contributed by atoms with van der Waals surface area (Å²) in [6, 6.07) is 6.11. The van der Waals surface area contributed by atoms with Gasteiger partial charge in [0.05, 0.1) is 0 Å². The summed E-state index contributed by atoms with van der Waals surface area (Å²) in [4.78, 5) is 14.1. The molecule has 0 atom stereocenters. The number of nitrogens with two attached hydrogens (primary N) is 1. The average molecular weight is 293 g/mol. The van der Waals surface area contributed by atoms with E-state index in [1.807, 2.05) is 6.92 Å². The molecule has 0 radical (unpaired) electrons. The maximum atomic E-state index is 13.2. The molecule has 0 heterocycles. The fourth-order valence-electron chi connectivity index (χ4n) is 3.07. The van der Waals surface area contributed by atoms with Crippen LogP contribution in [0.1, 0.15) is 25.3 Å². The Hall–Kier alpha value is -2.11. The molecule has 5 nitrogen and oxygen atoms in total. The number of amides is 1. The monoisotopic (exact) mass is 293 g/mol. The Morgan fingerprint density at radius 2 is 2.24 bits per heavy atom. The molecule has 0 unspecified atom stereocenters. The van der Waals surface area contributed by atoms with Gasteiger partial charge in [0.15, 0.2) is 5.84 Å². The van der Waals surface area contributed by atoms with E-state index in [0.29, 0.717) is 24.3 Å². The quantitative estimate of drug-likeness (QED) is 0.385. The minimum atomic E-state index is -0.920. The Balaban J connectivity index is 2.14. The van der Waals surface area contributed by atoms with Crippen molar-refractivity contribution in [3.63, 3.8) is 0 Å². The number of carbonyl (C=O) groups excluding carboxylic acids is 1. The second-order valence-electron chi connectivity index (χ2n) is 5.87. The lowest BCUT2D eigenvalue weighted by Crippen LogP contribution is -2.56. The predicted molar refractivity (Wildman–Crippen MR) is 77.1 cm³/mol. The van der Waals surface area contributed by atoms with E-state index in [9.17, 15) is 9.18 Å². The maximum Gasteiger partial charge on any atom is 0.236 e. The number of hydrogen-bond acceptors (Lipinski definition) is 3. The number of carbonyl (C=O) groups is 1. The van der Waals surface area contributed by atoms with E-state index in [-0.39, 0.29) is 24.1 Å². The molecule has 21 heavy (non-hydrogen) atoms. The van der Waals surface area contributed by atoms with E-state index in [0.717, 1.165) is 0 Å². The van der Waals surface area contributed by atoms with Crippen molar-refractivity contribution in [2.24, 2.45) is 22.2 Å². The predicted octanol–water partition coefficient (Wildman–Crippen LogP) is 1.95. The van der Waals surface area contributed by atoms with Gasteiger partial charge in [-0.1, -0.05) is 24.2 Å². The molecule has 1 aliphatic carbocycles. The molecule has 0 saturated heterocycles. The van der Waals surface area contributed by atoms with Crippen LogP contribution in [0.4, 0.5) is 4.39 Å². The van der Waals surface area contributed by atoms with E-state index in [4.69, 9.17) is 10.9 Å². The molecular weight excluding hydrogens is 273 g/mol. The van der Waals surface area contributed by atoms with Crippen LogP contribution in [0.2, 0.25) is 0 Å². The zero-order valence-corrected chi connectivity index (χ0v) is 12.2. The molecule has 1 aromatic carbocycles. The molecule has 1 aliphatic rings. The van der Waals surface area contributed by atoms with Crippen molar-refractivity contribution < 1.29 is 14.4 Å². The van der Waals surface area contributed by atoms with Crippen LogP contribution >= 0.6 is 0 Å². The number of benzene rings is 1. The highest BCUT2D eigenvalue weighted by Crippen LogP contribution is 2.47. The summed E-state index contributed by atoms with van der Waals surface area (Å²) in [5, 5.41) is 11.9. The van der Waals surface area contributed by atoms with Crippen molar-refractivity contribution in [1.82, 2.24) is 4.90 Å². The van der Waals surface area contributed by atoms with Gasteiger partial charge in [0, 0.05) is 13.6 Å². The first kappa shape index (κ1) is 15.3. The molecule has 0 aliphatic heterocycles. The first-order valence-corrected chi connectivity index (χ1v) is 6.87. The summed E-state index contributed by atoms with van der Waals surface area (Å²) >= 11 is 0. The van der Waals surface area contributed by atoms with Crippen molar-refractivity contribution in [1.29, 1.82) is 0 Å². The van der Waals surface area contributed by atoms with Crippen molar-refractivity contribution in [3.05, 3.63) is 35.6 Å². The summed E-state index contributed by atoms with van der Waals surface area (Å²) < 4.78 is 13.2. The fraction of sp³-hybridized carbons (Fsp3) is 0.467. The lowest BCUT2D eigenvalue weighted by Gasteiger charge is -2.45. The number of rotatable bonds is 4. The van der Waals surface area contributed by atoms with Crippen LogP contribution in [0.25, 0.3) is 0 Å². The van der Waals surface area contributed by atoms with Gasteiger partial charge >= 0.3 is 0 Å². The fourth-order valence-corrected chi connectivity index (χ4v) is 3.07. The topological polar surface area (TPSA) is 78.9 Å². The third-order valence-electron chi connectivity index (χ3n) is 4.06. The Labute approximate surface area is 123 Å². The summed E-state index contributed by atoms with van der Waals surface area (Å²) in [6.07, 6.45) is 1.13. The molecule has 0 spiro atoms. The van der Waals surface area contributed by atoms with Crippen LogP contribution in [0, 0.1) is 17.2 Å². The van der Waals surface area contributed by atoms with Gasteiger partial charge in [-0.3, -0.25) is 4.79 Å². The van der Waals surface area contributed by atoms with Crippen LogP contribution in [0.5, 0.6) is 0 Å². The van der Waals surface area contributed by atoms with Crippen LogP contribution in [0.3, 0.4) is 0 Å². The van der Waals surface area contributed by atoms with E-state index in [2.05, 4.69) is 5.16 Å². The lowest BCUT2D eigenvalue weighted by atomic mass is 9.61. The van der Waals surface area contributed by atoms with Gasteiger partial charge in [0.2, 0.25) is 5.91 Å². The Morgan fingerprint density at radius 3 is 2.76 bits per heavy atom. The van der Waals surface area contributed by atoms with Crippen LogP contribution in [-0.4, -0.2) is 28.9 Å². The molecule has 114 valence electrons. The van der Waals surface area contributed by atoms with Crippen molar-refractivity contribution in [2.45, 2.75) is 26.3 Å². The SMILES string of the molecule is CC1CC(C(=O)N(C)Cc2cccc(F)c2)(/C(N)=N/O)C1. The highest BCUT2D eigenvalue weighted by molar-refractivity contribution is 6.07. The molecule has 1 aromatic rings. The van der Waals surface area contributed by atoms with E-state index in [1.54, 1.807) is 19.2 Å². The van der Waals surface area contributed by atoms with Crippen molar-refractivity contribution in [3.8, 4) is 0 Å². The van der Waals surface area contributed by atoms with Gasteiger partial charge in [0.25, 0.3) is 0 Å². The molecule has 2 rings (SSSR count). The number of amidine groups is 1. The normalized spacial score (nSPS) is 25.3. The third-order valence-corrected chi connectivity index (χ3v) is 4.06. The highest BCUT2D eigenvalue weighted by atomic mass is 19.1. The van der Waals surface area contributed by atoms with Crippen LogP contribution < -0.4 is 5.73 Å². The highest BCUT2D eigenvalue weighted by Gasteiger charge is 2.53. The van der Waals surface area contributed by atoms with Crippen molar-refractivity contribution >= 4 is 11.7 Å². The first-order chi connectivity index (χ1) is 9.89. The number of oxime groups is 1. The summed E-state index contributed by atoms with van der Waals surface area (Å²) in [6.45, 7) is 2.30. The first-order valence-electron chi connectivity index (χ1n) is 6.87. The standard InChI is InChI=1S/C15H20FN3O2/c1-10-7-15(8-10,13(17)18-21)14(20)19(2)9-11-4-3-5-12(16)6-11/h3-6,10,21H,7-9H2,1-2H3,(H2,17,18). The van der Waals surface area contributed by atoms with Gasteiger partial charge in [-0.15, -0.1) is 0 Å². The zero-order chi connectivity index (χ0) is 15.6. The molecular formula is C15H20FN3O2. The molecule has 6 heteroatoms. The van der Waals surface area contributed by atoms with E-state index >= 15 is 0 Å². The van der Waals surface area contributed by atoms with Gasteiger partial charge in [-0.05, 0) is 36.5 Å². The van der Waals surface area contributed by atoms with Gasteiger partial charge in [-0.25, -0.2) is 4.39 Å². The second-order valence-corrected chi connectivity index (χ2v) is 5.87. The van der Waals surface area contributed by atoms with Gasteiger partial charge in [-0.2, -0.15) is 0 Å². The van der Waals surface area contributed by atoms with E-state index < -0.39 is 5.41 Å². The number of nitrogens with zero attached hydrogens (tertiary/aromatic N) is 2. The minimum absolute atomic E-state index is 0.0447.